The van der Waals surface area contributed by atoms with Gasteiger partial charge >= 0.3 is 0 Å². The average Bonchev–Trinajstić information content (AvgIpc) is 2.45. The summed E-state index contributed by atoms with van der Waals surface area (Å²) in [6, 6.07) is 9.36. The molecule has 0 radical (unpaired) electrons. The molecule has 4 nitrogen and oxygen atoms in total. The molecule has 0 saturated heterocycles. The molecule has 106 valence electrons. The largest absolute Gasteiger partial charge is 0.496 e. The fourth-order valence-corrected chi connectivity index (χ4v) is 1.82. The van der Waals surface area contributed by atoms with E-state index < -0.39 is 0 Å². The number of hydrogen-bond donors (Lipinski definition) is 1. The van der Waals surface area contributed by atoms with E-state index in [-0.39, 0.29) is 12.4 Å². The Balaban J connectivity index is 2.18. The summed E-state index contributed by atoms with van der Waals surface area (Å²) in [7, 11) is 3.09. The number of halogens is 1. The van der Waals surface area contributed by atoms with Crippen LogP contribution >= 0.6 is 0 Å². The zero-order valence-corrected chi connectivity index (χ0v) is 11.4. The van der Waals surface area contributed by atoms with Crippen molar-refractivity contribution in [3.8, 4) is 17.2 Å². The molecule has 0 aromatic heterocycles. The minimum absolute atomic E-state index is 0.223. The van der Waals surface area contributed by atoms with Crippen LogP contribution in [0.4, 0.5) is 10.1 Å². The van der Waals surface area contributed by atoms with E-state index >= 15 is 0 Å². The zero-order valence-electron chi connectivity index (χ0n) is 11.4. The van der Waals surface area contributed by atoms with Crippen LogP contribution in [-0.4, -0.2) is 14.2 Å². The maximum Gasteiger partial charge on any atom is 0.145 e. The maximum absolute atomic E-state index is 13.1. The molecule has 0 aliphatic rings. The van der Waals surface area contributed by atoms with Crippen molar-refractivity contribution in [2.75, 3.05) is 20.0 Å². The topological polar surface area (TPSA) is 53.7 Å². The van der Waals surface area contributed by atoms with Gasteiger partial charge in [-0.15, -0.1) is 0 Å². The van der Waals surface area contributed by atoms with Crippen molar-refractivity contribution in [3.05, 3.63) is 47.8 Å². The number of nitrogens with two attached hydrogens (primary N) is 1. The van der Waals surface area contributed by atoms with Gasteiger partial charge in [0, 0.05) is 17.7 Å². The van der Waals surface area contributed by atoms with Gasteiger partial charge in [0.15, 0.2) is 0 Å². The highest BCUT2D eigenvalue weighted by molar-refractivity contribution is 5.59. The molecule has 0 aliphatic carbocycles. The summed E-state index contributed by atoms with van der Waals surface area (Å²) in [5.41, 5.74) is 7.10. The summed E-state index contributed by atoms with van der Waals surface area (Å²) >= 11 is 0. The van der Waals surface area contributed by atoms with E-state index in [9.17, 15) is 4.39 Å². The molecule has 2 rings (SSSR count). The SMILES string of the molecule is COc1cc(OC)c(COc2cccc(F)c2)cc1N. The number of rotatable bonds is 5. The van der Waals surface area contributed by atoms with E-state index in [2.05, 4.69) is 0 Å². The molecule has 2 N–H and O–H groups in total. The molecule has 0 saturated carbocycles. The van der Waals surface area contributed by atoms with Gasteiger partial charge in [-0.05, 0) is 18.2 Å². The predicted molar refractivity (Wildman–Crippen MR) is 74.7 cm³/mol. The molecular weight excluding hydrogens is 261 g/mol. The van der Waals surface area contributed by atoms with Crippen LogP contribution in [0.5, 0.6) is 17.2 Å². The number of ether oxygens (including phenoxy) is 3. The van der Waals surface area contributed by atoms with E-state index in [1.54, 1.807) is 31.4 Å². The second-order valence-electron chi connectivity index (χ2n) is 4.15. The minimum atomic E-state index is -0.344. The molecule has 0 unspecified atom stereocenters. The van der Waals surface area contributed by atoms with Gasteiger partial charge in [0.25, 0.3) is 0 Å². The Kier molecular flexibility index (Phi) is 4.30. The molecule has 0 aliphatic heterocycles. The van der Waals surface area contributed by atoms with E-state index in [1.165, 1.54) is 19.2 Å². The van der Waals surface area contributed by atoms with Crippen molar-refractivity contribution in [1.29, 1.82) is 0 Å². The van der Waals surface area contributed by atoms with Crippen LogP contribution in [0.25, 0.3) is 0 Å². The standard InChI is InChI=1S/C15H16FNO3/c1-18-14-8-15(19-2)13(17)6-10(14)9-20-12-5-3-4-11(16)7-12/h3-8H,9,17H2,1-2H3. The van der Waals surface area contributed by atoms with Gasteiger partial charge in [0.05, 0.1) is 19.9 Å². The lowest BCUT2D eigenvalue weighted by Crippen LogP contribution is -2.02. The fraction of sp³-hybridized carbons (Fsp3) is 0.200. The number of methoxy groups -OCH3 is 2. The number of anilines is 1. The molecular formula is C15H16FNO3. The van der Waals surface area contributed by atoms with Crippen LogP contribution in [0.3, 0.4) is 0 Å². The smallest absolute Gasteiger partial charge is 0.145 e. The van der Waals surface area contributed by atoms with Crippen LogP contribution in [0.2, 0.25) is 0 Å². The second kappa shape index (κ2) is 6.14. The van der Waals surface area contributed by atoms with Crippen molar-refractivity contribution in [2.24, 2.45) is 0 Å². The number of nitrogen functional groups attached to an aromatic ring is 1. The molecule has 2 aromatic rings. The summed E-state index contributed by atoms with van der Waals surface area (Å²) in [5, 5.41) is 0. The third-order valence-corrected chi connectivity index (χ3v) is 2.82. The van der Waals surface area contributed by atoms with Crippen molar-refractivity contribution < 1.29 is 18.6 Å². The van der Waals surface area contributed by atoms with Crippen molar-refractivity contribution in [1.82, 2.24) is 0 Å². The van der Waals surface area contributed by atoms with Crippen LogP contribution in [0.15, 0.2) is 36.4 Å². The lowest BCUT2D eigenvalue weighted by atomic mass is 10.1. The molecule has 2 aromatic carbocycles. The first-order chi connectivity index (χ1) is 9.63. The van der Waals surface area contributed by atoms with Gasteiger partial charge in [-0.1, -0.05) is 6.07 Å². The molecule has 0 spiro atoms. The third-order valence-electron chi connectivity index (χ3n) is 2.82. The van der Waals surface area contributed by atoms with Crippen molar-refractivity contribution >= 4 is 5.69 Å². The van der Waals surface area contributed by atoms with Gasteiger partial charge in [-0.3, -0.25) is 0 Å². The highest BCUT2D eigenvalue weighted by Crippen LogP contribution is 2.31. The Labute approximate surface area is 116 Å². The van der Waals surface area contributed by atoms with Gasteiger partial charge in [0.1, 0.15) is 29.7 Å². The van der Waals surface area contributed by atoms with E-state index in [4.69, 9.17) is 19.9 Å². The monoisotopic (exact) mass is 277 g/mol. The summed E-state index contributed by atoms with van der Waals surface area (Å²) in [5.74, 6) is 1.24. The first-order valence-corrected chi connectivity index (χ1v) is 6.02. The van der Waals surface area contributed by atoms with Crippen LogP contribution in [0.1, 0.15) is 5.56 Å². The summed E-state index contributed by atoms with van der Waals surface area (Å²) in [6.45, 7) is 0.223. The Hall–Kier alpha value is -2.43. The Morgan fingerprint density at radius 1 is 1.05 bits per heavy atom. The van der Waals surface area contributed by atoms with Crippen molar-refractivity contribution in [3.63, 3.8) is 0 Å². The minimum Gasteiger partial charge on any atom is -0.496 e. The highest BCUT2D eigenvalue weighted by Gasteiger charge is 2.10. The van der Waals surface area contributed by atoms with Gasteiger partial charge in [-0.2, -0.15) is 0 Å². The molecule has 0 amide bonds. The lowest BCUT2D eigenvalue weighted by Gasteiger charge is -2.13. The fourth-order valence-electron chi connectivity index (χ4n) is 1.82. The van der Waals surface area contributed by atoms with E-state index in [1.807, 2.05) is 0 Å². The Bertz CT molecular complexity index is 602. The van der Waals surface area contributed by atoms with E-state index in [0.29, 0.717) is 22.9 Å². The lowest BCUT2D eigenvalue weighted by molar-refractivity contribution is 0.294. The summed E-state index contributed by atoms with van der Waals surface area (Å²) < 4.78 is 29.0. The van der Waals surface area contributed by atoms with Crippen LogP contribution < -0.4 is 19.9 Å². The Morgan fingerprint density at radius 3 is 2.45 bits per heavy atom. The van der Waals surface area contributed by atoms with Gasteiger partial charge < -0.3 is 19.9 Å². The maximum atomic E-state index is 13.1. The molecule has 5 heteroatoms. The first-order valence-electron chi connectivity index (χ1n) is 6.02. The summed E-state index contributed by atoms with van der Waals surface area (Å²) in [4.78, 5) is 0. The average molecular weight is 277 g/mol. The van der Waals surface area contributed by atoms with Crippen molar-refractivity contribution in [2.45, 2.75) is 6.61 Å². The predicted octanol–water partition coefficient (Wildman–Crippen LogP) is 3.00. The normalized spacial score (nSPS) is 10.2. The van der Waals surface area contributed by atoms with Gasteiger partial charge in [-0.25, -0.2) is 4.39 Å². The molecule has 0 heterocycles. The van der Waals surface area contributed by atoms with Crippen LogP contribution in [-0.2, 0) is 6.61 Å². The number of hydrogen-bond acceptors (Lipinski definition) is 4. The van der Waals surface area contributed by atoms with Gasteiger partial charge in [0.2, 0.25) is 0 Å². The second-order valence-corrected chi connectivity index (χ2v) is 4.15. The van der Waals surface area contributed by atoms with Crippen LogP contribution in [0, 0.1) is 5.82 Å². The zero-order chi connectivity index (χ0) is 14.5. The molecule has 0 fully saturated rings. The molecule has 0 bridgehead atoms. The Morgan fingerprint density at radius 2 is 1.80 bits per heavy atom. The molecule has 0 atom stereocenters. The van der Waals surface area contributed by atoms with E-state index in [0.717, 1.165) is 5.56 Å². The molecule has 20 heavy (non-hydrogen) atoms. The number of benzene rings is 2. The first kappa shape index (κ1) is 14.0. The quantitative estimate of drug-likeness (QED) is 0.854. The third kappa shape index (κ3) is 3.12. The highest BCUT2D eigenvalue weighted by atomic mass is 19.1. The summed E-state index contributed by atoms with van der Waals surface area (Å²) in [6.07, 6.45) is 0.